The van der Waals surface area contributed by atoms with E-state index in [0.29, 0.717) is 37.0 Å². The van der Waals surface area contributed by atoms with Gasteiger partial charge < -0.3 is 4.90 Å². The van der Waals surface area contributed by atoms with Crippen molar-refractivity contribution in [3.05, 3.63) is 60.4 Å². The number of para-hydroxylation sites is 1. The molecule has 0 atom stereocenters. The molecule has 28 heavy (non-hydrogen) atoms. The molecule has 144 valence electrons. The quantitative estimate of drug-likeness (QED) is 0.681. The summed E-state index contributed by atoms with van der Waals surface area (Å²) < 4.78 is 27.3. The Morgan fingerprint density at radius 1 is 0.821 bits per heavy atom. The topological polar surface area (TPSA) is 66.4 Å². The van der Waals surface area contributed by atoms with Gasteiger partial charge in [0.05, 0.1) is 10.4 Å². The Bertz CT molecular complexity index is 1110. The van der Waals surface area contributed by atoms with Crippen molar-refractivity contribution < 1.29 is 8.42 Å². The second kappa shape index (κ2) is 6.83. The summed E-state index contributed by atoms with van der Waals surface area (Å²) >= 11 is 0. The number of anilines is 1. The molecule has 2 aromatic carbocycles. The van der Waals surface area contributed by atoms with Gasteiger partial charge in [-0.25, -0.2) is 18.4 Å². The van der Waals surface area contributed by atoms with Crippen LogP contribution in [0.15, 0.2) is 59.5 Å². The summed E-state index contributed by atoms with van der Waals surface area (Å²) in [6.07, 6.45) is 2.31. The van der Waals surface area contributed by atoms with Gasteiger partial charge in [0, 0.05) is 37.5 Å². The van der Waals surface area contributed by atoms with Gasteiger partial charge in [-0.3, -0.25) is 0 Å². The van der Waals surface area contributed by atoms with Crippen LogP contribution in [-0.4, -0.2) is 48.9 Å². The lowest BCUT2D eigenvalue weighted by Crippen LogP contribution is -2.49. The monoisotopic (exact) mass is 394 g/mol. The fraction of sp³-hybridized carbons (Fsp3) is 0.333. The largest absolute Gasteiger partial charge is 0.353 e. The van der Waals surface area contributed by atoms with Gasteiger partial charge in [-0.1, -0.05) is 30.3 Å². The average Bonchev–Trinajstić information content (AvgIpc) is 3.59. The second-order valence-corrected chi connectivity index (χ2v) is 9.34. The molecular weight excluding hydrogens is 372 g/mol. The van der Waals surface area contributed by atoms with E-state index < -0.39 is 10.0 Å². The number of sulfonamides is 1. The molecule has 1 saturated heterocycles. The number of piperazine rings is 1. The van der Waals surface area contributed by atoms with Crippen LogP contribution in [0.2, 0.25) is 0 Å². The van der Waals surface area contributed by atoms with E-state index in [-0.39, 0.29) is 0 Å². The molecule has 2 fully saturated rings. The van der Waals surface area contributed by atoms with E-state index in [1.807, 2.05) is 24.3 Å². The lowest BCUT2D eigenvalue weighted by molar-refractivity contribution is 0.384. The summed E-state index contributed by atoms with van der Waals surface area (Å²) in [5, 5.41) is 1.03. The molecule has 2 heterocycles. The van der Waals surface area contributed by atoms with Gasteiger partial charge in [0.1, 0.15) is 11.6 Å². The predicted molar refractivity (Wildman–Crippen MR) is 109 cm³/mol. The highest BCUT2D eigenvalue weighted by Gasteiger charge is 2.31. The smallest absolute Gasteiger partial charge is 0.243 e. The van der Waals surface area contributed by atoms with Crippen molar-refractivity contribution in [2.45, 2.75) is 23.7 Å². The van der Waals surface area contributed by atoms with Crippen molar-refractivity contribution in [2.75, 3.05) is 31.1 Å². The summed E-state index contributed by atoms with van der Waals surface area (Å²) in [5.74, 6) is 2.33. The molecule has 0 radical (unpaired) electrons. The number of rotatable bonds is 4. The Labute approximate surface area is 164 Å². The first-order chi connectivity index (χ1) is 13.6. The first kappa shape index (κ1) is 17.6. The minimum absolute atomic E-state index is 0.354. The SMILES string of the molecule is O=S(=O)(c1ccccc1)N1CCN(c2nc(C3CC3)nc3ccccc23)CC1. The first-order valence-electron chi connectivity index (χ1n) is 9.70. The fourth-order valence-corrected chi connectivity index (χ4v) is 5.17. The van der Waals surface area contributed by atoms with Crippen molar-refractivity contribution in [2.24, 2.45) is 0 Å². The summed E-state index contributed by atoms with van der Waals surface area (Å²) in [5.41, 5.74) is 0.966. The fourth-order valence-electron chi connectivity index (χ4n) is 3.72. The van der Waals surface area contributed by atoms with E-state index >= 15 is 0 Å². The third-order valence-corrected chi connectivity index (χ3v) is 7.37. The number of hydrogen-bond donors (Lipinski definition) is 0. The van der Waals surface area contributed by atoms with E-state index in [2.05, 4.69) is 11.0 Å². The molecule has 1 saturated carbocycles. The number of aromatic nitrogens is 2. The molecule has 1 aromatic heterocycles. The molecule has 0 bridgehead atoms. The second-order valence-electron chi connectivity index (χ2n) is 7.40. The first-order valence-corrected chi connectivity index (χ1v) is 11.1. The van der Waals surface area contributed by atoms with Crippen LogP contribution < -0.4 is 4.90 Å². The van der Waals surface area contributed by atoms with Crippen molar-refractivity contribution >= 4 is 26.7 Å². The predicted octanol–water partition coefficient (Wildman–Crippen LogP) is 3.02. The van der Waals surface area contributed by atoms with Gasteiger partial charge in [0.2, 0.25) is 10.0 Å². The summed E-state index contributed by atoms with van der Waals surface area (Å²) in [7, 11) is -3.45. The third kappa shape index (κ3) is 3.14. The average molecular weight is 395 g/mol. The van der Waals surface area contributed by atoms with Crippen LogP contribution in [0.1, 0.15) is 24.6 Å². The van der Waals surface area contributed by atoms with Crippen LogP contribution in [0.4, 0.5) is 5.82 Å². The molecule has 3 aromatic rings. The van der Waals surface area contributed by atoms with Crippen molar-refractivity contribution in [3.63, 3.8) is 0 Å². The maximum absolute atomic E-state index is 12.9. The molecule has 1 aliphatic heterocycles. The number of benzene rings is 2. The van der Waals surface area contributed by atoms with Crippen LogP contribution in [0.5, 0.6) is 0 Å². The van der Waals surface area contributed by atoms with Crippen molar-refractivity contribution in [1.29, 1.82) is 0 Å². The van der Waals surface area contributed by atoms with E-state index in [9.17, 15) is 8.42 Å². The minimum Gasteiger partial charge on any atom is -0.353 e. The van der Waals surface area contributed by atoms with Gasteiger partial charge >= 0.3 is 0 Å². The third-order valence-electron chi connectivity index (χ3n) is 5.46. The highest BCUT2D eigenvalue weighted by atomic mass is 32.2. The highest BCUT2D eigenvalue weighted by molar-refractivity contribution is 7.89. The van der Waals surface area contributed by atoms with E-state index in [1.54, 1.807) is 28.6 Å². The molecule has 2 aliphatic rings. The Balaban J connectivity index is 1.42. The molecule has 0 amide bonds. The van der Waals surface area contributed by atoms with Gasteiger partial charge in [-0.2, -0.15) is 4.31 Å². The molecule has 0 N–H and O–H groups in total. The maximum Gasteiger partial charge on any atom is 0.243 e. The molecule has 7 heteroatoms. The maximum atomic E-state index is 12.9. The van der Waals surface area contributed by atoms with Gasteiger partial charge in [-0.05, 0) is 37.1 Å². The summed E-state index contributed by atoms with van der Waals surface area (Å²) in [6.45, 7) is 2.15. The Kier molecular flexibility index (Phi) is 4.29. The van der Waals surface area contributed by atoms with Gasteiger partial charge in [0.15, 0.2) is 0 Å². The molecule has 5 rings (SSSR count). The molecule has 6 nitrogen and oxygen atoms in total. The van der Waals surface area contributed by atoms with Crippen molar-refractivity contribution in [3.8, 4) is 0 Å². The lowest BCUT2D eigenvalue weighted by Gasteiger charge is -2.35. The van der Waals surface area contributed by atoms with E-state index in [1.165, 1.54) is 0 Å². The Hall–Kier alpha value is -2.51. The Morgan fingerprint density at radius 3 is 2.21 bits per heavy atom. The van der Waals surface area contributed by atoms with E-state index in [0.717, 1.165) is 35.4 Å². The van der Waals surface area contributed by atoms with Crippen LogP contribution in [-0.2, 0) is 10.0 Å². The van der Waals surface area contributed by atoms with Crippen LogP contribution >= 0.6 is 0 Å². The minimum atomic E-state index is -3.45. The van der Waals surface area contributed by atoms with Gasteiger partial charge in [0.25, 0.3) is 0 Å². The molecule has 0 unspecified atom stereocenters. The molecular formula is C21H22N4O2S. The summed E-state index contributed by atoms with van der Waals surface area (Å²) in [6, 6.07) is 16.7. The zero-order valence-corrected chi connectivity index (χ0v) is 16.3. The van der Waals surface area contributed by atoms with Crippen LogP contribution in [0, 0.1) is 0 Å². The number of nitrogens with zero attached hydrogens (tertiary/aromatic N) is 4. The van der Waals surface area contributed by atoms with E-state index in [4.69, 9.17) is 9.97 Å². The van der Waals surface area contributed by atoms with Crippen LogP contribution in [0.25, 0.3) is 10.9 Å². The normalized spacial score (nSPS) is 18.5. The molecule has 0 spiro atoms. The van der Waals surface area contributed by atoms with Gasteiger partial charge in [-0.15, -0.1) is 0 Å². The highest BCUT2D eigenvalue weighted by Crippen LogP contribution is 2.40. The zero-order valence-electron chi connectivity index (χ0n) is 15.5. The zero-order chi connectivity index (χ0) is 19.1. The lowest BCUT2D eigenvalue weighted by atomic mass is 10.2. The number of hydrogen-bond acceptors (Lipinski definition) is 5. The van der Waals surface area contributed by atoms with Crippen LogP contribution in [0.3, 0.4) is 0 Å². The standard InChI is InChI=1S/C21H22N4O2S/c26-28(27,17-6-2-1-3-7-17)25-14-12-24(13-15-25)21-18-8-4-5-9-19(18)22-20(23-21)16-10-11-16/h1-9,16H,10-15H2. The Morgan fingerprint density at radius 2 is 1.50 bits per heavy atom. The number of fused-ring (bicyclic) bond motifs is 1. The van der Waals surface area contributed by atoms with Crippen molar-refractivity contribution in [1.82, 2.24) is 14.3 Å². The molecule has 1 aliphatic carbocycles. The summed E-state index contributed by atoms with van der Waals surface area (Å²) in [4.78, 5) is 12.2.